The van der Waals surface area contributed by atoms with E-state index in [1.165, 1.54) is 0 Å². The summed E-state index contributed by atoms with van der Waals surface area (Å²) in [4.78, 5) is 8.58. The highest BCUT2D eigenvalue weighted by atomic mass is 32.1. The molecule has 3 nitrogen and oxygen atoms in total. The van der Waals surface area contributed by atoms with Crippen molar-refractivity contribution in [3.8, 4) is 12.3 Å². The lowest BCUT2D eigenvalue weighted by Crippen LogP contribution is -2.02. The highest BCUT2D eigenvalue weighted by Crippen LogP contribution is 2.02. The average molecular weight is 165 g/mol. The Morgan fingerprint density at radius 2 is 2.18 bits per heavy atom. The number of hydrogen-bond acceptors (Lipinski definition) is 4. The monoisotopic (exact) mass is 165 g/mol. The third kappa shape index (κ3) is 2.48. The average Bonchev–Trinajstić information content (AvgIpc) is 2.04. The lowest BCUT2D eigenvalue weighted by Gasteiger charge is -1.98. The summed E-state index contributed by atoms with van der Waals surface area (Å²) in [7, 11) is 0. The van der Waals surface area contributed by atoms with Crippen LogP contribution in [0.5, 0.6) is 0 Å². The summed E-state index contributed by atoms with van der Waals surface area (Å²) in [6.45, 7) is 0.436. The maximum absolute atomic E-state index is 5.02. The fourth-order valence-corrected chi connectivity index (χ4v) is 0.658. The van der Waals surface area contributed by atoms with Crippen LogP contribution in [0.3, 0.4) is 0 Å². The highest BCUT2D eigenvalue weighted by Gasteiger charge is 1.90. The Balaban J connectivity index is 2.60. The van der Waals surface area contributed by atoms with Gasteiger partial charge in [0.25, 0.3) is 0 Å². The molecule has 11 heavy (non-hydrogen) atoms. The first-order chi connectivity index (χ1) is 5.33. The zero-order valence-corrected chi connectivity index (χ0v) is 6.68. The van der Waals surface area contributed by atoms with Gasteiger partial charge in [-0.15, -0.1) is 19.1 Å². The molecule has 0 atom stereocenters. The van der Waals surface area contributed by atoms with Crippen molar-refractivity contribution in [2.75, 3.05) is 11.9 Å². The minimum absolute atomic E-state index is 0.436. The third-order valence-electron chi connectivity index (χ3n) is 0.987. The molecule has 0 saturated carbocycles. The molecular weight excluding hydrogens is 158 g/mol. The lowest BCUT2D eigenvalue weighted by atomic mass is 10.6. The zero-order valence-electron chi connectivity index (χ0n) is 5.78. The van der Waals surface area contributed by atoms with Gasteiger partial charge in [0, 0.05) is 17.3 Å². The van der Waals surface area contributed by atoms with Crippen LogP contribution in [0.15, 0.2) is 17.3 Å². The third-order valence-corrected chi connectivity index (χ3v) is 1.22. The SMILES string of the molecule is C#CCNc1ncc(S)cn1. The molecule has 1 rings (SSSR count). The van der Waals surface area contributed by atoms with Gasteiger partial charge in [0.05, 0.1) is 6.54 Å². The standard InChI is InChI=1S/C7H7N3S/c1-2-3-8-7-9-4-6(11)5-10-7/h1,4-5,11H,3H2,(H,8,9,10). The van der Waals surface area contributed by atoms with E-state index < -0.39 is 0 Å². The molecule has 0 bridgehead atoms. The van der Waals surface area contributed by atoms with E-state index in [1.807, 2.05) is 0 Å². The van der Waals surface area contributed by atoms with Crippen molar-refractivity contribution >= 4 is 18.6 Å². The van der Waals surface area contributed by atoms with E-state index in [4.69, 9.17) is 6.42 Å². The second-order valence-corrected chi connectivity index (χ2v) is 2.34. The summed E-state index contributed by atoms with van der Waals surface area (Å²) < 4.78 is 0. The van der Waals surface area contributed by atoms with Gasteiger partial charge < -0.3 is 5.32 Å². The van der Waals surface area contributed by atoms with Crippen molar-refractivity contribution in [3.63, 3.8) is 0 Å². The predicted octanol–water partition coefficient (Wildman–Crippen LogP) is 0.810. The Morgan fingerprint density at radius 1 is 1.55 bits per heavy atom. The minimum atomic E-state index is 0.436. The van der Waals surface area contributed by atoms with Crippen LogP contribution >= 0.6 is 12.6 Å². The first kappa shape index (κ1) is 7.89. The van der Waals surface area contributed by atoms with E-state index >= 15 is 0 Å². The summed E-state index contributed by atoms with van der Waals surface area (Å²) in [6.07, 6.45) is 8.24. The number of hydrogen-bond donors (Lipinski definition) is 2. The van der Waals surface area contributed by atoms with Gasteiger partial charge in [-0.1, -0.05) is 5.92 Å². The molecule has 1 aromatic rings. The topological polar surface area (TPSA) is 37.8 Å². The molecule has 1 N–H and O–H groups in total. The van der Waals surface area contributed by atoms with Crippen LogP contribution in [-0.2, 0) is 0 Å². The summed E-state index contributed by atoms with van der Waals surface area (Å²) in [5.74, 6) is 2.95. The molecule has 56 valence electrons. The van der Waals surface area contributed by atoms with Crippen LogP contribution in [0.2, 0.25) is 0 Å². The normalized spacial score (nSPS) is 8.73. The van der Waals surface area contributed by atoms with Gasteiger partial charge in [0.2, 0.25) is 5.95 Å². The molecule has 1 aromatic heterocycles. The first-order valence-electron chi connectivity index (χ1n) is 3.01. The van der Waals surface area contributed by atoms with E-state index in [-0.39, 0.29) is 0 Å². The highest BCUT2D eigenvalue weighted by molar-refractivity contribution is 7.80. The Morgan fingerprint density at radius 3 is 2.73 bits per heavy atom. The molecule has 0 aromatic carbocycles. The second-order valence-electron chi connectivity index (χ2n) is 1.82. The number of nitrogens with one attached hydrogen (secondary N) is 1. The second kappa shape index (κ2) is 3.84. The fourth-order valence-electron chi connectivity index (χ4n) is 0.543. The molecule has 0 aliphatic rings. The fraction of sp³-hybridized carbons (Fsp3) is 0.143. The Hall–Kier alpha value is -1.21. The van der Waals surface area contributed by atoms with E-state index in [0.29, 0.717) is 12.5 Å². The van der Waals surface area contributed by atoms with Crippen LogP contribution in [0.1, 0.15) is 0 Å². The van der Waals surface area contributed by atoms with Gasteiger partial charge in [-0.2, -0.15) is 0 Å². The molecule has 0 fully saturated rings. The number of rotatable bonds is 2. The smallest absolute Gasteiger partial charge is 0.223 e. The Labute approximate surface area is 70.7 Å². The van der Waals surface area contributed by atoms with E-state index in [2.05, 4.69) is 33.8 Å². The summed E-state index contributed by atoms with van der Waals surface area (Å²) in [5.41, 5.74) is 0. The van der Waals surface area contributed by atoms with Crippen molar-refractivity contribution < 1.29 is 0 Å². The molecule has 0 saturated heterocycles. The molecule has 0 radical (unpaired) electrons. The number of anilines is 1. The zero-order chi connectivity index (χ0) is 8.10. The van der Waals surface area contributed by atoms with Crippen LogP contribution < -0.4 is 5.32 Å². The van der Waals surface area contributed by atoms with E-state index in [0.717, 1.165) is 4.90 Å². The molecule has 0 spiro atoms. The first-order valence-corrected chi connectivity index (χ1v) is 3.46. The van der Waals surface area contributed by atoms with E-state index in [9.17, 15) is 0 Å². The Bertz CT molecular complexity index is 262. The maximum atomic E-state index is 5.02. The molecule has 4 heteroatoms. The lowest BCUT2D eigenvalue weighted by molar-refractivity contribution is 1.08. The van der Waals surface area contributed by atoms with Crippen molar-refractivity contribution in [1.82, 2.24) is 9.97 Å². The number of nitrogens with zero attached hydrogens (tertiary/aromatic N) is 2. The van der Waals surface area contributed by atoms with Gasteiger partial charge in [-0.3, -0.25) is 0 Å². The van der Waals surface area contributed by atoms with Gasteiger partial charge in [0.15, 0.2) is 0 Å². The number of thiol groups is 1. The molecule has 1 heterocycles. The Kier molecular flexibility index (Phi) is 2.75. The van der Waals surface area contributed by atoms with Gasteiger partial charge in [-0.25, -0.2) is 9.97 Å². The van der Waals surface area contributed by atoms with Crippen LogP contribution in [0, 0.1) is 12.3 Å². The van der Waals surface area contributed by atoms with Gasteiger partial charge in [-0.05, 0) is 0 Å². The van der Waals surface area contributed by atoms with E-state index in [1.54, 1.807) is 12.4 Å². The van der Waals surface area contributed by atoms with Gasteiger partial charge in [0.1, 0.15) is 0 Å². The summed E-state index contributed by atoms with van der Waals surface area (Å²) in [6, 6.07) is 0. The van der Waals surface area contributed by atoms with Crippen LogP contribution in [-0.4, -0.2) is 16.5 Å². The van der Waals surface area contributed by atoms with Crippen LogP contribution in [0.25, 0.3) is 0 Å². The van der Waals surface area contributed by atoms with Crippen molar-refractivity contribution in [2.24, 2.45) is 0 Å². The number of aromatic nitrogens is 2. The van der Waals surface area contributed by atoms with Crippen molar-refractivity contribution in [1.29, 1.82) is 0 Å². The predicted molar refractivity (Wildman–Crippen MR) is 46.6 cm³/mol. The van der Waals surface area contributed by atoms with Gasteiger partial charge >= 0.3 is 0 Å². The summed E-state index contributed by atoms with van der Waals surface area (Å²) >= 11 is 4.03. The molecule has 0 amide bonds. The number of terminal acetylenes is 1. The quantitative estimate of drug-likeness (QED) is 0.503. The van der Waals surface area contributed by atoms with Crippen LogP contribution in [0.4, 0.5) is 5.95 Å². The maximum Gasteiger partial charge on any atom is 0.223 e. The molecule has 0 aliphatic heterocycles. The minimum Gasteiger partial charge on any atom is -0.343 e. The molecule has 0 aliphatic carbocycles. The van der Waals surface area contributed by atoms with Crippen molar-refractivity contribution in [3.05, 3.63) is 12.4 Å². The summed E-state index contributed by atoms with van der Waals surface area (Å²) in [5, 5.41) is 2.83. The molecular formula is C7H7N3S. The van der Waals surface area contributed by atoms with Crippen molar-refractivity contribution in [2.45, 2.75) is 4.90 Å². The largest absolute Gasteiger partial charge is 0.343 e. The molecule has 0 unspecified atom stereocenters.